The molecule has 3 nitrogen and oxygen atoms in total. The van der Waals surface area contributed by atoms with Gasteiger partial charge in [-0.3, -0.25) is 0 Å². The van der Waals surface area contributed by atoms with E-state index in [-0.39, 0.29) is 6.04 Å². The molecule has 0 spiro atoms. The lowest BCUT2D eigenvalue weighted by molar-refractivity contribution is 0.484. The summed E-state index contributed by atoms with van der Waals surface area (Å²) in [4.78, 5) is 4.78. The minimum absolute atomic E-state index is 0.163. The molecular weight excluding hydrogens is 236 g/mol. The third kappa shape index (κ3) is 2.13. The number of para-hydroxylation sites is 3. The van der Waals surface area contributed by atoms with E-state index < -0.39 is 0 Å². The van der Waals surface area contributed by atoms with Gasteiger partial charge in [-0.2, -0.15) is 0 Å². The molecule has 0 aliphatic carbocycles. The van der Waals surface area contributed by atoms with Crippen LogP contribution in [0.25, 0.3) is 0 Å². The summed E-state index contributed by atoms with van der Waals surface area (Å²) in [6, 6.07) is 16.0. The lowest BCUT2D eigenvalue weighted by Gasteiger charge is -2.14. The van der Waals surface area contributed by atoms with Crippen LogP contribution in [-0.2, 0) is 0 Å². The Kier molecular flexibility index (Phi) is 3.05. The molecule has 0 aromatic heterocycles. The molecule has 96 valence electrons. The van der Waals surface area contributed by atoms with Gasteiger partial charge in [0.15, 0.2) is 5.75 Å². The highest BCUT2D eigenvalue weighted by molar-refractivity contribution is 6.08. The minimum atomic E-state index is 0.163. The Morgan fingerprint density at radius 3 is 2.47 bits per heavy atom. The van der Waals surface area contributed by atoms with Crippen LogP contribution in [0.5, 0.6) is 11.5 Å². The molecule has 1 unspecified atom stereocenters. The van der Waals surface area contributed by atoms with Crippen LogP contribution < -0.4 is 10.1 Å². The number of rotatable bonds is 2. The number of likely N-dealkylation sites (N-methyl/N-ethyl adjacent to an activating group) is 1. The van der Waals surface area contributed by atoms with E-state index in [9.17, 15) is 0 Å². The van der Waals surface area contributed by atoms with Crippen LogP contribution in [0.15, 0.2) is 53.5 Å². The number of hydrogen-bond acceptors (Lipinski definition) is 3. The van der Waals surface area contributed by atoms with E-state index in [0.717, 1.165) is 28.5 Å². The van der Waals surface area contributed by atoms with Crippen molar-refractivity contribution in [3.8, 4) is 11.5 Å². The van der Waals surface area contributed by atoms with E-state index in [1.54, 1.807) is 0 Å². The molecule has 1 heterocycles. The van der Waals surface area contributed by atoms with Crippen molar-refractivity contribution in [3.63, 3.8) is 0 Å². The van der Waals surface area contributed by atoms with Gasteiger partial charge in [-0.05, 0) is 38.2 Å². The number of aliphatic imine (C=N–C) groups is 1. The van der Waals surface area contributed by atoms with Gasteiger partial charge in [-0.25, -0.2) is 4.99 Å². The van der Waals surface area contributed by atoms with Crippen LogP contribution >= 0.6 is 0 Å². The highest BCUT2D eigenvalue weighted by atomic mass is 16.5. The van der Waals surface area contributed by atoms with E-state index in [4.69, 9.17) is 9.73 Å². The van der Waals surface area contributed by atoms with Crippen molar-refractivity contribution < 1.29 is 4.74 Å². The monoisotopic (exact) mass is 252 g/mol. The van der Waals surface area contributed by atoms with Gasteiger partial charge in [0.1, 0.15) is 11.4 Å². The summed E-state index contributed by atoms with van der Waals surface area (Å²) < 4.78 is 5.98. The summed E-state index contributed by atoms with van der Waals surface area (Å²) in [7, 11) is 1.94. The molecule has 2 aromatic rings. The standard InChI is InChI=1S/C16H16N2O/c1-11(17-2)16-12-7-3-5-9-14(12)19-15-10-6-4-8-13(15)18-16/h3-11,17H,1-2H3. The first-order valence-corrected chi connectivity index (χ1v) is 6.41. The molecule has 0 amide bonds. The second-order valence-corrected chi connectivity index (χ2v) is 4.57. The van der Waals surface area contributed by atoms with Gasteiger partial charge in [-0.15, -0.1) is 0 Å². The smallest absolute Gasteiger partial charge is 0.153 e. The summed E-state index contributed by atoms with van der Waals surface area (Å²) in [5.41, 5.74) is 2.92. The van der Waals surface area contributed by atoms with Crippen molar-refractivity contribution in [3.05, 3.63) is 54.1 Å². The SMILES string of the molecule is CNC(C)C1=Nc2ccccc2Oc2ccccc21. The fourth-order valence-electron chi connectivity index (χ4n) is 2.18. The van der Waals surface area contributed by atoms with Gasteiger partial charge in [-0.1, -0.05) is 24.3 Å². The molecule has 3 heteroatoms. The molecule has 1 aliphatic rings. The zero-order valence-corrected chi connectivity index (χ0v) is 11.1. The zero-order chi connectivity index (χ0) is 13.2. The number of hydrogen-bond donors (Lipinski definition) is 1. The largest absolute Gasteiger partial charge is 0.454 e. The van der Waals surface area contributed by atoms with E-state index in [1.807, 2.05) is 55.6 Å². The fraction of sp³-hybridized carbons (Fsp3) is 0.188. The first-order valence-electron chi connectivity index (χ1n) is 6.41. The lowest BCUT2D eigenvalue weighted by atomic mass is 10.0. The number of ether oxygens (including phenoxy) is 1. The van der Waals surface area contributed by atoms with E-state index in [2.05, 4.69) is 12.2 Å². The molecule has 1 aliphatic heterocycles. The molecule has 1 N–H and O–H groups in total. The van der Waals surface area contributed by atoms with Crippen LogP contribution in [0, 0.1) is 0 Å². The number of fused-ring (bicyclic) bond motifs is 2. The predicted octanol–water partition coefficient (Wildman–Crippen LogP) is 3.52. The molecule has 0 saturated carbocycles. The number of nitrogens with zero attached hydrogens (tertiary/aromatic N) is 1. The molecule has 0 radical (unpaired) electrons. The molecule has 1 atom stereocenters. The summed E-state index contributed by atoms with van der Waals surface area (Å²) >= 11 is 0. The number of nitrogens with one attached hydrogen (secondary N) is 1. The second kappa shape index (κ2) is 4.86. The van der Waals surface area contributed by atoms with Gasteiger partial charge in [0, 0.05) is 11.6 Å². The molecule has 0 saturated heterocycles. The predicted molar refractivity (Wildman–Crippen MR) is 77.7 cm³/mol. The zero-order valence-electron chi connectivity index (χ0n) is 11.1. The topological polar surface area (TPSA) is 33.6 Å². The van der Waals surface area contributed by atoms with Crippen molar-refractivity contribution in [1.82, 2.24) is 5.32 Å². The van der Waals surface area contributed by atoms with Crippen LogP contribution in [-0.4, -0.2) is 18.8 Å². The maximum Gasteiger partial charge on any atom is 0.153 e. The Morgan fingerprint density at radius 2 is 1.68 bits per heavy atom. The third-order valence-electron chi connectivity index (χ3n) is 3.33. The van der Waals surface area contributed by atoms with Gasteiger partial charge >= 0.3 is 0 Å². The molecule has 0 bridgehead atoms. The summed E-state index contributed by atoms with van der Waals surface area (Å²) in [6.45, 7) is 2.10. The Balaban J connectivity index is 2.22. The third-order valence-corrected chi connectivity index (χ3v) is 3.33. The summed E-state index contributed by atoms with van der Waals surface area (Å²) in [5.74, 6) is 1.65. The van der Waals surface area contributed by atoms with Crippen LogP contribution in [0.4, 0.5) is 5.69 Å². The van der Waals surface area contributed by atoms with Gasteiger partial charge in [0.2, 0.25) is 0 Å². The van der Waals surface area contributed by atoms with Crippen LogP contribution in [0.1, 0.15) is 12.5 Å². The average Bonchev–Trinajstić information content (AvgIpc) is 2.62. The Hall–Kier alpha value is -2.13. The molecule has 0 fully saturated rings. The minimum Gasteiger partial charge on any atom is -0.454 e. The quantitative estimate of drug-likeness (QED) is 0.887. The van der Waals surface area contributed by atoms with Crippen molar-refractivity contribution in [2.45, 2.75) is 13.0 Å². The van der Waals surface area contributed by atoms with E-state index in [0.29, 0.717) is 0 Å². The first kappa shape index (κ1) is 11.9. The molecule has 2 aromatic carbocycles. The summed E-state index contributed by atoms with van der Waals surface area (Å²) in [5, 5.41) is 3.25. The first-order chi connectivity index (χ1) is 9.29. The van der Waals surface area contributed by atoms with Crippen molar-refractivity contribution in [1.29, 1.82) is 0 Å². The van der Waals surface area contributed by atoms with Crippen LogP contribution in [0.3, 0.4) is 0 Å². The van der Waals surface area contributed by atoms with E-state index in [1.165, 1.54) is 0 Å². The normalized spacial score (nSPS) is 14.5. The van der Waals surface area contributed by atoms with Gasteiger partial charge < -0.3 is 10.1 Å². The Bertz CT molecular complexity index is 634. The van der Waals surface area contributed by atoms with Crippen molar-refractivity contribution in [2.75, 3.05) is 7.05 Å². The molecular formula is C16H16N2O. The van der Waals surface area contributed by atoms with Crippen LogP contribution in [0.2, 0.25) is 0 Å². The highest BCUT2D eigenvalue weighted by Gasteiger charge is 2.20. The highest BCUT2D eigenvalue weighted by Crippen LogP contribution is 2.37. The lowest BCUT2D eigenvalue weighted by Crippen LogP contribution is -2.31. The second-order valence-electron chi connectivity index (χ2n) is 4.57. The Morgan fingerprint density at radius 1 is 1.00 bits per heavy atom. The number of benzene rings is 2. The fourth-order valence-corrected chi connectivity index (χ4v) is 2.18. The maximum atomic E-state index is 5.98. The maximum absolute atomic E-state index is 5.98. The van der Waals surface area contributed by atoms with Gasteiger partial charge in [0.05, 0.1) is 5.71 Å². The molecule has 19 heavy (non-hydrogen) atoms. The van der Waals surface area contributed by atoms with Gasteiger partial charge in [0.25, 0.3) is 0 Å². The van der Waals surface area contributed by atoms with Crippen molar-refractivity contribution >= 4 is 11.4 Å². The van der Waals surface area contributed by atoms with E-state index >= 15 is 0 Å². The average molecular weight is 252 g/mol. The summed E-state index contributed by atoms with van der Waals surface area (Å²) in [6.07, 6.45) is 0. The Labute approximate surface area is 113 Å². The molecule has 3 rings (SSSR count). The van der Waals surface area contributed by atoms with Crippen molar-refractivity contribution in [2.24, 2.45) is 4.99 Å².